The van der Waals surface area contributed by atoms with Crippen LogP contribution in [0.5, 0.6) is 5.88 Å². The minimum atomic E-state index is 0.0619. The fourth-order valence-corrected chi connectivity index (χ4v) is 1.39. The summed E-state index contributed by atoms with van der Waals surface area (Å²) >= 11 is 0. The van der Waals surface area contributed by atoms with Crippen LogP contribution < -0.4 is 4.74 Å². The summed E-state index contributed by atoms with van der Waals surface area (Å²) < 4.78 is 7.21. The molecule has 1 fully saturated rings. The van der Waals surface area contributed by atoms with E-state index in [0.717, 1.165) is 6.61 Å². The van der Waals surface area contributed by atoms with Crippen LogP contribution in [0.3, 0.4) is 0 Å². The van der Waals surface area contributed by atoms with Crippen molar-refractivity contribution in [3.8, 4) is 5.88 Å². The molecule has 0 spiro atoms. The number of aromatic nitrogens is 2. The van der Waals surface area contributed by atoms with Crippen molar-refractivity contribution in [1.82, 2.24) is 9.78 Å². The largest absolute Gasteiger partial charge is 0.478 e. The predicted molar refractivity (Wildman–Crippen MR) is 56.0 cm³/mol. The fourth-order valence-electron chi connectivity index (χ4n) is 1.39. The van der Waals surface area contributed by atoms with Gasteiger partial charge in [0.15, 0.2) is 5.78 Å². The van der Waals surface area contributed by atoms with Crippen molar-refractivity contribution in [1.29, 1.82) is 0 Å². The smallest absolute Gasteiger partial charge is 0.212 e. The number of carbonyl (C=O) groups is 1. The molecule has 2 rings (SSSR count). The lowest BCUT2D eigenvalue weighted by molar-refractivity contribution is 0.0982. The molecule has 0 bridgehead atoms. The maximum atomic E-state index is 11.4. The number of hydrogen-bond donors (Lipinski definition) is 0. The highest BCUT2D eigenvalue weighted by molar-refractivity contribution is 5.94. The molecule has 0 unspecified atom stereocenters. The van der Waals surface area contributed by atoms with E-state index < -0.39 is 0 Å². The van der Waals surface area contributed by atoms with Crippen LogP contribution in [0.15, 0.2) is 6.07 Å². The second kappa shape index (κ2) is 4.04. The van der Waals surface area contributed by atoms with Crippen molar-refractivity contribution in [2.75, 3.05) is 6.61 Å². The maximum Gasteiger partial charge on any atom is 0.212 e. The van der Waals surface area contributed by atoms with Gasteiger partial charge in [-0.3, -0.25) is 4.79 Å². The van der Waals surface area contributed by atoms with Gasteiger partial charge in [0, 0.05) is 19.5 Å². The first kappa shape index (κ1) is 10.2. The number of ketones is 1. The van der Waals surface area contributed by atoms with Crippen LogP contribution in [0, 0.1) is 5.92 Å². The molecule has 1 heterocycles. The highest BCUT2D eigenvalue weighted by Gasteiger charge is 2.22. The molecule has 0 amide bonds. The van der Waals surface area contributed by atoms with Crippen LogP contribution in [0.1, 0.15) is 36.7 Å². The van der Waals surface area contributed by atoms with Gasteiger partial charge in [0.05, 0.1) is 6.61 Å². The monoisotopic (exact) mass is 208 g/mol. The summed E-state index contributed by atoms with van der Waals surface area (Å²) in [6.07, 6.45) is 3.01. The summed E-state index contributed by atoms with van der Waals surface area (Å²) in [6.45, 7) is 2.58. The van der Waals surface area contributed by atoms with Crippen molar-refractivity contribution in [3.63, 3.8) is 0 Å². The Morgan fingerprint density at radius 2 is 2.40 bits per heavy atom. The number of ether oxygens (including phenoxy) is 1. The van der Waals surface area contributed by atoms with Gasteiger partial charge in [-0.2, -0.15) is 5.10 Å². The predicted octanol–water partition coefficient (Wildman–Crippen LogP) is 1.80. The second-order valence-corrected chi connectivity index (χ2v) is 4.02. The third-order valence-corrected chi connectivity index (χ3v) is 2.61. The molecule has 0 aromatic carbocycles. The molecule has 4 nitrogen and oxygen atoms in total. The van der Waals surface area contributed by atoms with E-state index in [2.05, 4.69) is 5.10 Å². The molecule has 4 heteroatoms. The van der Waals surface area contributed by atoms with Gasteiger partial charge in [-0.25, -0.2) is 4.68 Å². The number of carbonyl (C=O) groups excluding carboxylic acids is 1. The lowest BCUT2D eigenvalue weighted by Gasteiger charge is -2.03. The summed E-state index contributed by atoms with van der Waals surface area (Å²) in [5.41, 5.74) is 0.505. The molecule has 1 aromatic rings. The summed E-state index contributed by atoms with van der Waals surface area (Å²) in [5, 5.41) is 4.12. The zero-order chi connectivity index (χ0) is 10.8. The molecular weight excluding hydrogens is 192 g/mol. The Morgan fingerprint density at radius 3 is 3.00 bits per heavy atom. The standard InChI is InChI=1S/C11H16N2O2/c1-3-10(14)9-6-11(13(2)12-9)15-7-8-4-5-8/h6,8H,3-5,7H2,1-2H3. The number of nitrogens with zero attached hydrogens (tertiary/aromatic N) is 2. The molecule has 0 aliphatic heterocycles. The number of rotatable bonds is 5. The average molecular weight is 208 g/mol. The van der Waals surface area contributed by atoms with Gasteiger partial charge in [-0.05, 0) is 18.8 Å². The molecular formula is C11H16N2O2. The summed E-state index contributed by atoms with van der Waals surface area (Å²) in [5.74, 6) is 1.47. The first-order valence-electron chi connectivity index (χ1n) is 5.40. The molecule has 1 saturated carbocycles. The Labute approximate surface area is 89.2 Å². The number of aryl methyl sites for hydroxylation is 1. The van der Waals surface area contributed by atoms with Crippen LogP contribution in [-0.4, -0.2) is 22.2 Å². The Bertz CT molecular complexity index is 367. The molecule has 1 aromatic heterocycles. The van der Waals surface area contributed by atoms with Gasteiger partial charge in [0.25, 0.3) is 0 Å². The van der Waals surface area contributed by atoms with Crippen molar-refractivity contribution >= 4 is 5.78 Å². The minimum Gasteiger partial charge on any atom is -0.478 e. The highest BCUT2D eigenvalue weighted by atomic mass is 16.5. The fraction of sp³-hybridized carbons (Fsp3) is 0.636. The molecule has 0 radical (unpaired) electrons. The van der Waals surface area contributed by atoms with Gasteiger partial charge in [0.1, 0.15) is 5.69 Å². The molecule has 0 saturated heterocycles. The summed E-state index contributed by atoms with van der Waals surface area (Å²) in [4.78, 5) is 11.4. The molecule has 15 heavy (non-hydrogen) atoms. The summed E-state index contributed by atoms with van der Waals surface area (Å²) in [6, 6.07) is 1.73. The van der Waals surface area contributed by atoms with Gasteiger partial charge in [-0.15, -0.1) is 0 Å². The normalized spacial score (nSPS) is 15.3. The van der Waals surface area contributed by atoms with Crippen molar-refractivity contribution in [2.24, 2.45) is 13.0 Å². The molecule has 0 N–H and O–H groups in total. The van der Waals surface area contributed by atoms with E-state index in [1.165, 1.54) is 12.8 Å². The topological polar surface area (TPSA) is 44.1 Å². The van der Waals surface area contributed by atoms with Crippen LogP contribution >= 0.6 is 0 Å². The van der Waals surface area contributed by atoms with Crippen LogP contribution in [-0.2, 0) is 7.05 Å². The van der Waals surface area contributed by atoms with Crippen molar-refractivity contribution in [2.45, 2.75) is 26.2 Å². The molecule has 1 aliphatic carbocycles. The summed E-state index contributed by atoms with van der Waals surface area (Å²) in [7, 11) is 1.80. The average Bonchev–Trinajstić information content (AvgIpc) is 2.99. The van der Waals surface area contributed by atoms with Crippen LogP contribution in [0.2, 0.25) is 0 Å². The Hall–Kier alpha value is -1.32. The van der Waals surface area contributed by atoms with E-state index in [4.69, 9.17) is 4.74 Å². The first-order valence-corrected chi connectivity index (χ1v) is 5.40. The van der Waals surface area contributed by atoms with Crippen LogP contribution in [0.25, 0.3) is 0 Å². The maximum absolute atomic E-state index is 11.4. The minimum absolute atomic E-state index is 0.0619. The van der Waals surface area contributed by atoms with Crippen molar-refractivity contribution < 1.29 is 9.53 Å². The molecule has 0 atom stereocenters. The highest BCUT2D eigenvalue weighted by Crippen LogP contribution is 2.29. The van der Waals surface area contributed by atoms with E-state index in [9.17, 15) is 4.79 Å². The van der Waals surface area contributed by atoms with Gasteiger partial charge < -0.3 is 4.74 Å². The van der Waals surface area contributed by atoms with Crippen LogP contribution in [0.4, 0.5) is 0 Å². The Balaban J connectivity index is 2.02. The van der Waals surface area contributed by atoms with Crippen molar-refractivity contribution in [3.05, 3.63) is 11.8 Å². The Kier molecular flexibility index (Phi) is 2.75. The van der Waals surface area contributed by atoms with E-state index in [1.807, 2.05) is 6.92 Å². The lowest BCUT2D eigenvalue weighted by atomic mass is 10.2. The third-order valence-electron chi connectivity index (χ3n) is 2.61. The van der Waals surface area contributed by atoms with E-state index in [-0.39, 0.29) is 5.78 Å². The number of Topliss-reactive ketones (excluding diaryl/α,β-unsaturated/α-hetero) is 1. The lowest BCUT2D eigenvalue weighted by Crippen LogP contribution is -2.03. The van der Waals surface area contributed by atoms with E-state index in [0.29, 0.717) is 23.9 Å². The van der Waals surface area contributed by atoms with E-state index >= 15 is 0 Å². The second-order valence-electron chi connectivity index (χ2n) is 4.02. The SMILES string of the molecule is CCC(=O)c1cc(OCC2CC2)n(C)n1. The molecule has 82 valence electrons. The zero-order valence-electron chi connectivity index (χ0n) is 9.19. The molecule has 1 aliphatic rings. The Morgan fingerprint density at radius 1 is 1.67 bits per heavy atom. The van der Waals surface area contributed by atoms with Gasteiger partial charge in [-0.1, -0.05) is 6.92 Å². The number of hydrogen-bond acceptors (Lipinski definition) is 3. The quantitative estimate of drug-likeness (QED) is 0.693. The zero-order valence-corrected chi connectivity index (χ0v) is 9.19. The third kappa shape index (κ3) is 2.37. The van der Waals surface area contributed by atoms with Gasteiger partial charge in [0.2, 0.25) is 5.88 Å². The first-order chi connectivity index (χ1) is 7.20. The van der Waals surface area contributed by atoms with E-state index in [1.54, 1.807) is 17.8 Å². The van der Waals surface area contributed by atoms with Gasteiger partial charge >= 0.3 is 0 Å².